The Morgan fingerprint density at radius 2 is 2.03 bits per heavy atom. The molecule has 0 atom stereocenters. The van der Waals surface area contributed by atoms with Crippen molar-refractivity contribution < 1.29 is 19.1 Å². The topological polar surface area (TPSA) is 109 Å². The molecule has 0 unspecified atom stereocenters. The minimum absolute atomic E-state index is 0.0703. The number of halogens is 2. The Bertz CT molecular complexity index is 834. The summed E-state index contributed by atoms with van der Waals surface area (Å²) in [6.07, 6.45) is 3.35. The standard InChI is InChI=1S/C15H16Cl2N4O.C6H13NO3/c1-20-6-4-10(9-20)15(22)18-14-5-7-21(19-14)11-2-3-12(16)13(17)8-11;7-1-3-9-5-6-10-4-2-8/h2-4,8H,5-7,9H2,1H3,(H,18,19,22);2H,1,3-7H2. The van der Waals surface area contributed by atoms with Gasteiger partial charge in [0.25, 0.3) is 5.91 Å². The third-order valence-electron chi connectivity index (χ3n) is 4.46. The van der Waals surface area contributed by atoms with Crippen molar-refractivity contribution in [3.8, 4) is 0 Å². The van der Waals surface area contributed by atoms with Gasteiger partial charge in [-0.25, -0.2) is 0 Å². The molecule has 2 heterocycles. The van der Waals surface area contributed by atoms with Gasteiger partial charge in [-0.2, -0.15) is 5.10 Å². The predicted octanol–water partition coefficient (Wildman–Crippen LogP) is 1.68. The summed E-state index contributed by atoms with van der Waals surface area (Å²) >= 11 is 11.9. The van der Waals surface area contributed by atoms with Crippen LogP contribution >= 0.6 is 23.2 Å². The van der Waals surface area contributed by atoms with Crippen LogP contribution < -0.4 is 16.1 Å². The number of likely N-dealkylation sites (N-methyl/N-ethyl adjacent to an activating group) is 1. The molecule has 3 N–H and O–H groups in total. The van der Waals surface area contributed by atoms with E-state index >= 15 is 0 Å². The summed E-state index contributed by atoms with van der Waals surface area (Å²) in [6.45, 7) is 4.36. The lowest BCUT2D eigenvalue weighted by Crippen LogP contribution is -2.32. The molecule has 9 nitrogen and oxygen atoms in total. The number of carbonyl (C=O) groups excluding carboxylic acids is 2. The van der Waals surface area contributed by atoms with Crippen LogP contribution in [0, 0.1) is 0 Å². The maximum atomic E-state index is 12.1. The number of benzene rings is 1. The summed E-state index contributed by atoms with van der Waals surface area (Å²) in [5, 5.41) is 10.1. The highest BCUT2D eigenvalue weighted by molar-refractivity contribution is 6.42. The quantitative estimate of drug-likeness (QED) is 0.404. The van der Waals surface area contributed by atoms with Gasteiger partial charge in [-0.05, 0) is 25.2 Å². The average Bonchev–Trinajstić information content (AvgIpc) is 3.42. The number of ether oxygens (including phenoxy) is 2. The monoisotopic (exact) mass is 485 g/mol. The Balaban J connectivity index is 0.000000309. The second-order valence-electron chi connectivity index (χ2n) is 7.04. The molecule has 0 aliphatic carbocycles. The number of nitrogens with two attached hydrogens (primary N) is 1. The number of carbonyl (C=O) groups is 2. The maximum absolute atomic E-state index is 12.1. The third-order valence-corrected chi connectivity index (χ3v) is 5.20. The van der Waals surface area contributed by atoms with Gasteiger partial charge in [0.2, 0.25) is 0 Å². The van der Waals surface area contributed by atoms with E-state index in [1.165, 1.54) is 0 Å². The van der Waals surface area contributed by atoms with Crippen molar-refractivity contribution in [1.82, 2.24) is 10.2 Å². The largest absolute Gasteiger partial charge is 0.378 e. The van der Waals surface area contributed by atoms with Crippen LogP contribution in [0.5, 0.6) is 0 Å². The van der Waals surface area contributed by atoms with Crippen LogP contribution in [0.15, 0.2) is 34.9 Å². The van der Waals surface area contributed by atoms with Crippen LogP contribution in [0.25, 0.3) is 0 Å². The molecule has 11 heteroatoms. The molecular weight excluding hydrogens is 457 g/mol. The zero-order valence-electron chi connectivity index (χ0n) is 18.1. The molecule has 0 saturated carbocycles. The average molecular weight is 486 g/mol. The van der Waals surface area contributed by atoms with E-state index in [2.05, 4.69) is 15.3 Å². The number of nitrogens with one attached hydrogen (secondary N) is 1. The fraction of sp³-hybridized carbons (Fsp3) is 0.476. The minimum Gasteiger partial charge on any atom is -0.378 e. The fourth-order valence-electron chi connectivity index (χ4n) is 2.87. The smallest absolute Gasteiger partial charge is 0.253 e. The molecular formula is C21H29Cl2N5O4. The number of aldehydes is 1. The maximum Gasteiger partial charge on any atom is 0.253 e. The molecule has 1 aromatic rings. The van der Waals surface area contributed by atoms with Crippen LogP contribution in [0.1, 0.15) is 6.42 Å². The zero-order chi connectivity index (χ0) is 23.3. The van der Waals surface area contributed by atoms with E-state index in [-0.39, 0.29) is 12.5 Å². The number of nitrogens with zero attached hydrogens (tertiary/aromatic N) is 3. The Hall–Kier alpha value is -2.01. The number of hydrazone groups is 1. The number of hydrogen-bond acceptors (Lipinski definition) is 8. The van der Waals surface area contributed by atoms with Gasteiger partial charge < -0.3 is 25.3 Å². The summed E-state index contributed by atoms with van der Waals surface area (Å²) in [7, 11) is 1.98. The first-order valence-electron chi connectivity index (χ1n) is 10.2. The van der Waals surface area contributed by atoms with E-state index in [1.54, 1.807) is 12.1 Å². The number of amides is 1. The highest BCUT2D eigenvalue weighted by Gasteiger charge is 2.22. The third kappa shape index (κ3) is 8.85. The number of hydrogen-bond donors (Lipinski definition) is 2. The van der Waals surface area contributed by atoms with Gasteiger partial charge in [0.1, 0.15) is 18.7 Å². The van der Waals surface area contributed by atoms with E-state index in [1.807, 2.05) is 24.2 Å². The van der Waals surface area contributed by atoms with Crippen molar-refractivity contribution in [3.63, 3.8) is 0 Å². The first-order valence-corrected chi connectivity index (χ1v) is 11.0. The first kappa shape index (κ1) is 26.2. The number of amidine groups is 1. The Labute approximate surface area is 198 Å². The molecule has 0 saturated heterocycles. The van der Waals surface area contributed by atoms with Crippen molar-refractivity contribution >= 4 is 46.9 Å². The number of rotatable bonds is 9. The molecule has 1 aromatic carbocycles. The van der Waals surface area contributed by atoms with E-state index in [0.717, 1.165) is 17.8 Å². The van der Waals surface area contributed by atoms with Crippen molar-refractivity contribution in [2.45, 2.75) is 6.42 Å². The second-order valence-corrected chi connectivity index (χ2v) is 7.86. The van der Waals surface area contributed by atoms with Gasteiger partial charge in [0, 0.05) is 38.2 Å². The molecule has 2 aliphatic heterocycles. The first-order chi connectivity index (χ1) is 15.4. The van der Waals surface area contributed by atoms with Crippen molar-refractivity contribution in [3.05, 3.63) is 39.9 Å². The highest BCUT2D eigenvalue weighted by Crippen LogP contribution is 2.28. The van der Waals surface area contributed by atoms with E-state index in [4.69, 9.17) is 38.4 Å². The summed E-state index contributed by atoms with van der Waals surface area (Å²) in [5.74, 6) is 0.602. The Morgan fingerprint density at radius 1 is 1.25 bits per heavy atom. The van der Waals surface area contributed by atoms with Gasteiger partial charge in [0.05, 0.1) is 35.6 Å². The van der Waals surface area contributed by atoms with Gasteiger partial charge in [-0.15, -0.1) is 0 Å². The Kier molecular flexibility index (Phi) is 11.6. The molecule has 3 rings (SSSR count). The lowest BCUT2D eigenvalue weighted by Gasteiger charge is -2.13. The predicted molar refractivity (Wildman–Crippen MR) is 126 cm³/mol. The Morgan fingerprint density at radius 3 is 2.69 bits per heavy atom. The SMILES string of the molecule is CN1CC=C(C(=O)NC2=NN(c3ccc(Cl)c(Cl)c3)CC2)C1.NCCOCCOCC=O. The van der Waals surface area contributed by atoms with Gasteiger partial charge in [-0.1, -0.05) is 29.3 Å². The summed E-state index contributed by atoms with van der Waals surface area (Å²) < 4.78 is 9.76. The second kappa shape index (κ2) is 14.2. The van der Waals surface area contributed by atoms with Crippen LogP contribution in [0.2, 0.25) is 10.0 Å². The molecule has 0 spiro atoms. The van der Waals surface area contributed by atoms with Crippen LogP contribution in [-0.2, 0) is 19.1 Å². The minimum atomic E-state index is -0.0703. The number of anilines is 1. The molecule has 0 aromatic heterocycles. The van der Waals surface area contributed by atoms with E-state index in [0.29, 0.717) is 68.0 Å². The van der Waals surface area contributed by atoms with Crippen molar-refractivity contribution in [2.75, 3.05) is 64.7 Å². The lowest BCUT2D eigenvalue weighted by molar-refractivity contribution is -0.116. The normalized spacial score (nSPS) is 15.7. The lowest BCUT2D eigenvalue weighted by atomic mass is 10.2. The summed E-state index contributed by atoms with van der Waals surface area (Å²) in [6, 6.07) is 5.37. The van der Waals surface area contributed by atoms with Gasteiger partial charge in [-0.3, -0.25) is 14.7 Å². The fourth-order valence-corrected chi connectivity index (χ4v) is 3.17. The molecule has 1 amide bonds. The van der Waals surface area contributed by atoms with Crippen LogP contribution in [-0.4, -0.2) is 82.6 Å². The van der Waals surface area contributed by atoms with Gasteiger partial charge >= 0.3 is 0 Å². The molecule has 2 aliphatic rings. The highest BCUT2D eigenvalue weighted by atomic mass is 35.5. The van der Waals surface area contributed by atoms with Crippen LogP contribution in [0.3, 0.4) is 0 Å². The van der Waals surface area contributed by atoms with Gasteiger partial charge in [0.15, 0.2) is 0 Å². The van der Waals surface area contributed by atoms with E-state index < -0.39 is 0 Å². The molecule has 0 radical (unpaired) electrons. The van der Waals surface area contributed by atoms with E-state index in [9.17, 15) is 9.59 Å². The van der Waals surface area contributed by atoms with Crippen molar-refractivity contribution in [1.29, 1.82) is 0 Å². The molecule has 0 fully saturated rings. The summed E-state index contributed by atoms with van der Waals surface area (Å²) in [5.41, 5.74) is 6.80. The molecule has 32 heavy (non-hydrogen) atoms. The summed E-state index contributed by atoms with van der Waals surface area (Å²) in [4.78, 5) is 23.9. The molecule has 176 valence electrons. The van der Waals surface area contributed by atoms with Crippen LogP contribution in [0.4, 0.5) is 5.69 Å². The van der Waals surface area contributed by atoms with Crippen molar-refractivity contribution in [2.24, 2.45) is 10.8 Å². The molecule has 0 bridgehead atoms. The zero-order valence-corrected chi connectivity index (χ0v) is 19.6.